The first-order valence-electron chi connectivity index (χ1n) is 7.45. The van der Waals surface area contributed by atoms with E-state index in [4.69, 9.17) is 58.5 Å². The van der Waals surface area contributed by atoms with Gasteiger partial charge in [0.2, 0.25) is 10.1 Å². The Kier molecular flexibility index (Phi) is 6.61. The molecule has 1 saturated carbocycles. The highest BCUT2D eigenvalue weighted by Gasteiger charge is 2.63. The molecule has 8 nitrogen and oxygen atoms in total. The van der Waals surface area contributed by atoms with E-state index >= 15 is 4.39 Å². The van der Waals surface area contributed by atoms with Gasteiger partial charge < -0.3 is 23.7 Å². The van der Waals surface area contributed by atoms with Gasteiger partial charge in [-0.2, -0.15) is 0 Å². The van der Waals surface area contributed by atoms with Crippen LogP contribution in [0.15, 0.2) is 0 Å². The summed E-state index contributed by atoms with van der Waals surface area (Å²) in [5.74, 6) is -2.44. The quantitative estimate of drug-likeness (QED) is 0.373. The van der Waals surface area contributed by atoms with Crippen LogP contribution in [0.4, 0.5) is 4.39 Å². The van der Waals surface area contributed by atoms with Crippen LogP contribution >= 0.6 is 34.8 Å². The van der Waals surface area contributed by atoms with Gasteiger partial charge in [-0.15, -0.1) is 0 Å². The number of ether oxygens (including phenoxy) is 5. The highest BCUT2D eigenvalue weighted by Crippen LogP contribution is 2.44. The molecule has 0 unspecified atom stereocenters. The molecular formula is C14H16Cl3FO8. The summed E-state index contributed by atoms with van der Waals surface area (Å²) >= 11 is 17.3. The first-order chi connectivity index (χ1) is 11.9. The molecule has 0 aromatic rings. The third kappa shape index (κ3) is 4.69. The van der Waals surface area contributed by atoms with Crippen molar-refractivity contribution in [3.8, 4) is 0 Å². The van der Waals surface area contributed by atoms with Crippen LogP contribution in [0.1, 0.15) is 20.8 Å². The maximum atomic E-state index is 15.0. The number of hydrogen-bond acceptors (Lipinski definition) is 8. The van der Waals surface area contributed by atoms with E-state index in [0.717, 1.165) is 20.8 Å². The van der Waals surface area contributed by atoms with E-state index in [9.17, 15) is 14.4 Å². The van der Waals surface area contributed by atoms with E-state index in [1.807, 2.05) is 0 Å². The van der Waals surface area contributed by atoms with Crippen molar-refractivity contribution in [2.45, 2.75) is 67.5 Å². The van der Waals surface area contributed by atoms with Gasteiger partial charge in [-0.25, -0.2) is 4.39 Å². The zero-order valence-corrected chi connectivity index (χ0v) is 16.1. The van der Waals surface area contributed by atoms with Gasteiger partial charge in [0.05, 0.1) is 0 Å². The number of carbonyl (C=O) groups excluding carboxylic acids is 3. The van der Waals surface area contributed by atoms with Crippen LogP contribution in [-0.4, -0.2) is 64.7 Å². The first-order valence-corrected chi connectivity index (χ1v) is 8.58. The Morgan fingerprint density at radius 3 is 1.62 bits per heavy atom. The van der Waals surface area contributed by atoms with E-state index in [1.165, 1.54) is 0 Å². The topological polar surface area (TPSA) is 97.4 Å². The molecule has 1 heterocycles. The van der Waals surface area contributed by atoms with Crippen molar-refractivity contribution in [2.75, 3.05) is 0 Å². The SMILES string of the molecule is CC(=O)O[C@@H]1[C@H]2O[C@H](C(Cl)(Cl)Cl)O[C@H]2[C@H](OC(C)=O)[C@H](F)[C@H]1OC(C)=O. The van der Waals surface area contributed by atoms with Crippen molar-refractivity contribution < 1.29 is 42.5 Å². The average Bonchev–Trinajstić information content (AvgIpc) is 2.91. The Morgan fingerprint density at radius 2 is 1.19 bits per heavy atom. The van der Waals surface area contributed by atoms with E-state index in [2.05, 4.69) is 0 Å². The van der Waals surface area contributed by atoms with Crippen LogP contribution in [0.5, 0.6) is 0 Å². The van der Waals surface area contributed by atoms with Gasteiger partial charge in [-0.05, 0) is 0 Å². The lowest BCUT2D eigenvalue weighted by Crippen LogP contribution is -2.64. The van der Waals surface area contributed by atoms with Crippen LogP contribution < -0.4 is 0 Å². The zero-order chi connectivity index (χ0) is 19.8. The lowest BCUT2D eigenvalue weighted by atomic mass is 9.85. The van der Waals surface area contributed by atoms with E-state index in [0.29, 0.717) is 0 Å². The summed E-state index contributed by atoms with van der Waals surface area (Å²) in [4.78, 5) is 34.1. The van der Waals surface area contributed by atoms with Crippen molar-refractivity contribution in [3.63, 3.8) is 0 Å². The molecular weight excluding hydrogens is 422 g/mol. The summed E-state index contributed by atoms with van der Waals surface area (Å²) in [5, 5.41) is 0. The Hall–Kier alpha value is -0.870. The number of esters is 3. The number of alkyl halides is 4. The van der Waals surface area contributed by atoms with Gasteiger partial charge in [-0.1, -0.05) is 34.8 Å². The summed E-state index contributed by atoms with van der Waals surface area (Å²) in [5.41, 5.74) is 0. The Balaban J connectivity index is 2.41. The second-order valence-corrected chi connectivity index (χ2v) is 8.11. The number of fused-ring (bicyclic) bond motifs is 1. The first kappa shape index (κ1) is 21.4. The predicted octanol–water partition coefficient (Wildman–Crippen LogP) is 1.61. The number of rotatable bonds is 3. The second-order valence-electron chi connectivity index (χ2n) is 5.74. The van der Waals surface area contributed by atoms with Crippen LogP contribution in [0.25, 0.3) is 0 Å². The molecule has 0 amide bonds. The summed E-state index contributed by atoms with van der Waals surface area (Å²) in [6.07, 6.45) is -10.6. The Labute approximate surface area is 163 Å². The fourth-order valence-corrected chi connectivity index (χ4v) is 3.17. The lowest BCUT2D eigenvalue weighted by molar-refractivity contribution is -0.215. The number of hydrogen-bond donors (Lipinski definition) is 0. The fraction of sp³-hybridized carbons (Fsp3) is 0.786. The molecule has 1 saturated heterocycles. The third-order valence-electron chi connectivity index (χ3n) is 3.66. The van der Waals surface area contributed by atoms with Gasteiger partial charge >= 0.3 is 17.9 Å². The van der Waals surface area contributed by atoms with Gasteiger partial charge in [0.25, 0.3) is 0 Å². The lowest BCUT2D eigenvalue weighted by Gasteiger charge is -2.42. The second kappa shape index (κ2) is 8.02. The standard InChI is InChI=1S/C14H16Cl3FO8/c1-4(19)22-8-7(18)9(23-5(2)20)11-12(10(8)24-6(3)21)26-13(25-11)14(15,16)17/h7-13H,1-3H3/t7-,8-,9-,10+,11+,12-,13-/m1/s1. The monoisotopic (exact) mass is 436 g/mol. The molecule has 0 spiro atoms. The Morgan fingerprint density at radius 1 is 0.808 bits per heavy atom. The number of halogens is 4. The van der Waals surface area contributed by atoms with E-state index < -0.39 is 64.7 Å². The normalized spacial score (nSPS) is 36.8. The molecule has 0 aromatic heterocycles. The average molecular weight is 438 g/mol. The molecule has 1 aliphatic heterocycles. The molecule has 26 heavy (non-hydrogen) atoms. The predicted molar refractivity (Wildman–Crippen MR) is 85.4 cm³/mol. The third-order valence-corrected chi connectivity index (χ3v) is 4.19. The molecule has 148 valence electrons. The summed E-state index contributed by atoms with van der Waals surface area (Å²) < 4.78 is 38.8. The smallest absolute Gasteiger partial charge is 0.303 e. The maximum absolute atomic E-state index is 15.0. The van der Waals surface area contributed by atoms with Crippen LogP contribution in [0, 0.1) is 0 Å². The number of carbonyl (C=O) groups is 3. The van der Waals surface area contributed by atoms with Crippen LogP contribution in [0.3, 0.4) is 0 Å². The molecule has 1 aliphatic carbocycles. The molecule has 2 aliphatic rings. The van der Waals surface area contributed by atoms with Crippen molar-refractivity contribution in [1.29, 1.82) is 0 Å². The Bertz CT molecular complexity index is 583. The molecule has 0 N–H and O–H groups in total. The minimum Gasteiger partial charge on any atom is -0.456 e. The minimum absolute atomic E-state index is 0.787. The molecule has 2 fully saturated rings. The van der Waals surface area contributed by atoms with Crippen molar-refractivity contribution in [3.05, 3.63) is 0 Å². The molecule has 12 heteroatoms. The molecule has 0 aromatic carbocycles. The van der Waals surface area contributed by atoms with Crippen molar-refractivity contribution in [2.24, 2.45) is 0 Å². The van der Waals surface area contributed by atoms with Gasteiger partial charge in [0.1, 0.15) is 12.2 Å². The highest BCUT2D eigenvalue weighted by molar-refractivity contribution is 6.67. The zero-order valence-electron chi connectivity index (χ0n) is 13.8. The molecule has 0 radical (unpaired) electrons. The van der Waals surface area contributed by atoms with Crippen LogP contribution in [0.2, 0.25) is 0 Å². The van der Waals surface area contributed by atoms with E-state index in [-0.39, 0.29) is 0 Å². The van der Waals surface area contributed by atoms with Gasteiger partial charge in [-0.3, -0.25) is 14.4 Å². The fourth-order valence-electron chi connectivity index (χ4n) is 2.86. The summed E-state index contributed by atoms with van der Waals surface area (Å²) in [6.45, 7) is 3.18. The largest absolute Gasteiger partial charge is 0.456 e. The highest BCUT2D eigenvalue weighted by atomic mass is 35.6. The molecule has 7 atom stereocenters. The van der Waals surface area contributed by atoms with Gasteiger partial charge in [0.15, 0.2) is 24.5 Å². The van der Waals surface area contributed by atoms with E-state index in [1.54, 1.807) is 0 Å². The van der Waals surface area contributed by atoms with Crippen molar-refractivity contribution in [1.82, 2.24) is 0 Å². The maximum Gasteiger partial charge on any atom is 0.303 e. The minimum atomic E-state index is -2.08. The molecule has 2 rings (SSSR count). The summed E-state index contributed by atoms with van der Waals surface area (Å²) in [7, 11) is 0. The summed E-state index contributed by atoms with van der Waals surface area (Å²) in [6, 6.07) is 0. The van der Waals surface area contributed by atoms with Crippen molar-refractivity contribution >= 4 is 52.7 Å². The van der Waals surface area contributed by atoms with Crippen LogP contribution in [-0.2, 0) is 38.1 Å². The molecule has 0 bridgehead atoms. The van der Waals surface area contributed by atoms with Gasteiger partial charge in [0, 0.05) is 20.8 Å².